The molecule has 1 atom stereocenters. The Labute approximate surface area is 114 Å². The zero-order chi connectivity index (χ0) is 13.0. The van der Waals surface area contributed by atoms with Crippen molar-refractivity contribution in [3.8, 4) is 0 Å². The van der Waals surface area contributed by atoms with Crippen molar-refractivity contribution in [1.82, 2.24) is 10.3 Å². The molecule has 1 aromatic heterocycles. The van der Waals surface area contributed by atoms with E-state index in [1.807, 2.05) is 24.3 Å². The van der Waals surface area contributed by atoms with Gasteiger partial charge in [0.25, 0.3) is 0 Å². The normalized spacial score (nSPS) is 12.6. The molecule has 0 fully saturated rings. The monoisotopic (exact) mass is 282 g/mol. The molecule has 18 heavy (non-hydrogen) atoms. The number of hydrogen-bond acceptors (Lipinski definition) is 6. The molecule has 96 valence electrons. The van der Waals surface area contributed by atoms with Gasteiger partial charge in [0.05, 0.1) is 17.3 Å². The maximum Gasteiger partial charge on any atom is 0.323 e. The second-order valence-electron chi connectivity index (χ2n) is 3.62. The standard InChI is InChI=1S/C12H14N2O2S2/c1-13-9(11(15)16-2)7-17-12-14-8-5-3-4-6-10(8)18-12/h3-6,9,13H,7H2,1-2H3. The molecule has 0 aliphatic rings. The highest BCUT2D eigenvalue weighted by Gasteiger charge is 2.17. The second-order valence-corrected chi connectivity index (χ2v) is 5.92. The van der Waals surface area contributed by atoms with Gasteiger partial charge in [-0.05, 0) is 19.2 Å². The Morgan fingerprint density at radius 1 is 1.56 bits per heavy atom. The molecule has 1 N–H and O–H groups in total. The largest absolute Gasteiger partial charge is 0.468 e. The molecule has 2 rings (SSSR count). The van der Waals surface area contributed by atoms with Crippen LogP contribution in [0.15, 0.2) is 28.6 Å². The van der Waals surface area contributed by atoms with Gasteiger partial charge >= 0.3 is 5.97 Å². The molecule has 0 spiro atoms. The van der Waals surface area contributed by atoms with Crippen LogP contribution in [0.4, 0.5) is 0 Å². The van der Waals surface area contributed by atoms with E-state index in [1.54, 1.807) is 30.1 Å². The number of benzene rings is 1. The van der Waals surface area contributed by atoms with Crippen molar-refractivity contribution in [1.29, 1.82) is 0 Å². The van der Waals surface area contributed by atoms with Gasteiger partial charge in [-0.25, -0.2) is 4.98 Å². The van der Waals surface area contributed by atoms with Crippen LogP contribution < -0.4 is 5.32 Å². The van der Waals surface area contributed by atoms with Crippen molar-refractivity contribution >= 4 is 39.3 Å². The predicted octanol–water partition coefficient (Wildman–Crippen LogP) is 2.15. The highest BCUT2D eigenvalue weighted by molar-refractivity contribution is 8.01. The summed E-state index contributed by atoms with van der Waals surface area (Å²) in [5.41, 5.74) is 1.00. The van der Waals surface area contributed by atoms with E-state index in [4.69, 9.17) is 4.74 Å². The van der Waals surface area contributed by atoms with E-state index in [1.165, 1.54) is 11.8 Å². The molecule has 0 saturated heterocycles. The fourth-order valence-corrected chi connectivity index (χ4v) is 3.66. The number of carbonyl (C=O) groups excluding carboxylic acids is 1. The van der Waals surface area contributed by atoms with E-state index in [0.29, 0.717) is 5.75 Å². The van der Waals surface area contributed by atoms with Crippen LogP contribution in [-0.2, 0) is 9.53 Å². The van der Waals surface area contributed by atoms with E-state index in [9.17, 15) is 4.79 Å². The summed E-state index contributed by atoms with van der Waals surface area (Å²) in [6.07, 6.45) is 0. The molecule has 0 amide bonds. The summed E-state index contributed by atoms with van der Waals surface area (Å²) < 4.78 is 6.86. The van der Waals surface area contributed by atoms with Gasteiger partial charge in [0.2, 0.25) is 0 Å². The third-order valence-corrected chi connectivity index (χ3v) is 4.75. The Hall–Kier alpha value is -1.11. The van der Waals surface area contributed by atoms with E-state index in [0.717, 1.165) is 9.86 Å². The topological polar surface area (TPSA) is 51.2 Å². The molecule has 4 nitrogen and oxygen atoms in total. The van der Waals surface area contributed by atoms with Crippen molar-refractivity contribution in [3.63, 3.8) is 0 Å². The maximum absolute atomic E-state index is 11.4. The van der Waals surface area contributed by atoms with Crippen LogP contribution in [0.25, 0.3) is 10.2 Å². The van der Waals surface area contributed by atoms with Crippen LogP contribution in [0.5, 0.6) is 0 Å². The lowest BCUT2D eigenvalue weighted by atomic mass is 10.3. The minimum absolute atomic E-state index is 0.244. The van der Waals surface area contributed by atoms with Gasteiger partial charge in [-0.2, -0.15) is 0 Å². The van der Waals surface area contributed by atoms with Gasteiger partial charge < -0.3 is 10.1 Å². The smallest absolute Gasteiger partial charge is 0.323 e. The number of ether oxygens (including phenoxy) is 1. The second kappa shape index (κ2) is 6.17. The summed E-state index contributed by atoms with van der Waals surface area (Å²) >= 11 is 3.21. The van der Waals surface area contributed by atoms with Gasteiger partial charge in [-0.3, -0.25) is 4.79 Å². The first kappa shape index (κ1) is 13.3. The maximum atomic E-state index is 11.4. The highest BCUT2D eigenvalue weighted by Crippen LogP contribution is 2.29. The number of likely N-dealkylation sites (N-methyl/N-ethyl adjacent to an activating group) is 1. The van der Waals surface area contributed by atoms with Crippen LogP contribution in [0.2, 0.25) is 0 Å². The van der Waals surface area contributed by atoms with Crippen LogP contribution in [0.3, 0.4) is 0 Å². The zero-order valence-corrected chi connectivity index (χ0v) is 11.8. The summed E-state index contributed by atoms with van der Waals surface area (Å²) in [6, 6.07) is 7.71. The van der Waals surface area contributed by atoms with Crippen molar-refractivity contribution in [3.05, 3.63) is 24.3 Å². The summed E-state index contributed by atoms with van der Waals surface area (Å²) in [5.74, 6) is 0.370. The first-order valence-electron chi connectivity index (χ1n) is 5.48. The average molecular weight is 282 g/mol. The third-order valence-electron chi connectivity index (χ3n) is 2.48. The fourth-order valence-electron chi connectivity index (χ4n) is 1.48. The number of fused-ring (bicyclic) bond motifs is 1. The lowest BCUT2D eigenvalue weighted by Gasteiger charge is -2.11. The van der Waals surface area contributed by atoms with Gasteiger partial charge in [0.1, 0.15) is 6.04 Å². The Bertz CT molecular complexity index is 509. The molecular formula is C12H14N2O2S2. The lowest BCUT2D eigenvalue weighted by molar-refractivity contribution is -0.142. The molecule has 2 aromatic rings. The molecule has 6 heteroatoms. The van der Waals surface area contributed by atoms with Crippen LogP contribution >= 0.6 is 23.1 Å². The summed E-state index contributed by atoms with van der Waals surface area (Å²) in [5, 5.41) is 2.94. The Balaban J connectivity index is 2.03. The molecule has 1 heterocycles. The van der Waals surface area contributed by atoms with Gasteiger partial charge in [-0.15, -0.1) is 11.3 Å². The van der Waals surface area contributed by atoms with Gasteiger partial charge in [0, 0.05) is 5.75 Å². The van der Waals surface area contributed by atoms with Crippen molar-refractivity contribution < 1.29 is 9.53 Å². The van der Waals surface area contributed by atoms with E-state index in [-0.39, 0.29) is 12.0 Å². The van der Waals surface area contributed by atoms with Crippen molar-refractivity contribution in [2.75, 3.05) is 19.9 Å². The Kier molecular flexibility index (Phi) is 4.57. The summed E-state index contributed by atoms with van der Waals surface area (Å²) in [4.78, 5) is 15.9. The minimum atomic E-state index is -0.299. The van der Waals surface area contributed by atoms with E-state index >= 15 is 0 Å². The Morgan fingerprint density at radius 3 is 3.00 bits per heavy atom. The van der Waals surface area contributed by atoms with Crippen LogP contribution in [-0.4, -0.2) is 36.9 Å². The quantitative estimate of drug-likeness (QED) is 0.672. The number of aromatic nitrogens is 1. The number of nitrogens with one attached hydrogen (secondary N) is 1. The van der Waals surface area contributed by atoms with Crippen molar-refractivity contribution in [2.45, 2.75) is 10.4 Å². The van der Waals surface area contributed by atoms with Gasteiger partial charge in [0.15, 0.2) is 4.34 Å². The molecule has 0 aliphatic heterocycles. The molecule has 0 radical (unpaired) electrons. The first-order chi connectivity index (χ1) is 8.74. The number of rotatable bonds is 5. The van der Waals surface area contributed by atoms with Crippen LogP contribution in [0, 0.1) is 0 Å². The predicted molar refractivity (Wildman–Crippen MR) is 75.2 cm³/mol. The summed E-state index contributed by atoms with van der Waals surface area (Å²) in [6.45, 7) is 0. The fraction of sp³-hybridized carbons (Fsp3) is 0.333. The Morgan fingerprint density at radius 2 is 2.33 bits per heavy atom. The number of hydrogen-bond donors (Lipinski definition) is 1. The lowest BCUT2D eigenvalue weighted by Crippen LogP contribution is -2.37. The number of para-hydroxylation sites is 1. The SMILES string of the molecule is CNC(CSc1nc2ccccc2s1)C(=O)OC. The van der Waals surface area contributed by atoms with Gasteiger partial charge in [-0.1, -0.05) is 23.9 Å². The number of carbonyl (C=O) groups is 1. The number of esters is 1. The van der Waals surface area contributed by atoms with Crippen molar-refractivity contribution in [2.24, 2.45) is 0 Å². The third kappa shape index (κ3) is 3.01. The molecule has 0 aliphatic carbocycles. The van der Waals surface area contributed by atoms with Crippen LogP contribution in [0.1, 0.15) is 0 Å². The molecule has 0 saturated carbocycles. The van der Waals surface area contributed by atoms with E-state index < -0.39 is 0 Å². The summed E-state index contributed by atoms with van der Waals surface area (Å²) in [7, 11) is 3.15. The number of thioether (sulfide) groups is 1. The highest BCUT2D eigenvalue weighted by atomic mass is 32.2. The average Bonchev–Trinajstić information content (AvgIpc) is 2.81. The number of thiazole rings is 1. The molecule has 1 aromatic carbocycles. The minimum Gasteiger partial charge on any atom is -0.468 e. The molecular weight excluding hydrogens is 268 g/mol. The number of nitrogens with zero attached hydrogens (tertiary/aromatic N) is 1. The molecule has 0 bridgehead atoms. The van der Waals surface area contributed by atoms with E-state index in [2.05, 4.69) is 10.3 Å². The molecule has 1 unspecified atom stereocenters. The first-order valence-corrected chi connectivity index (χ1v) is 7.28. The zero-order valence-electron chi connectivity index (χ0n) is 10.2. The number of methoxy groups -OCH3 is 1.